The first kappa shape index (κ1) is 15.7. The van der Waals surface area contributed by atoms with Gasteiger partial charge in [-0.2, -0.15) is 4.98 Å². The molecule has 0 spiro atoms. The highest BCUT2D eigenvalue weighted by Gasteiger charge is 2.09. The van der Waals surface area contributed by atoms with Gasteiger partial charge >= 0.3 is 5.97 Å². The molecule has 116 valence electrons. The lowest BCUT2D eigenvalue weighted by atomic mass is 10.2. The third-order valence-electron chi connectivity index (χ3n) is 2.88. The molecule has 7 heteroatoms. The Morgan fingerprint density at radius 2 is 2.14 bits per heavy atom. The fourth-order valence-electron chi connectivity index (χ4n) is 1.85. The molecule has 0 saturated heterocycles. The SMILES string of the molecule is COCCCNc1nccc(Nc2ccccc2C(=O)O)n1. The number of para-hydroxylation sites is 1. The number of anilines is 3. The van der Waals surface area contributed by atoms with Crippen molar-refractivity contribution in [3.63, 3.8) is 0 Å². The Morgan fingerprint density at radius 1 is 1.32 bits per heavy atom. The number of aromatic carboxylic acids is 1. The molecule has 0 bridgehead atoms. The van der Waals surface area contributed by atoms with Crippen LogP contribution in [0.5, 0.6) is 0 Å². The first-order valence-corrected chi connectivity index (χ1v) is 6.86. The molecule has 1 heterocycles. The van der Waals surface area contributed by atoms with Crippen molar-refractivity contribution >= 4 is 23.4 Å². The van der Waals surface area contributed by atoms with Gasteiger partial charge in [0.2, 0.25) is 5.95 Å². The highest BCUT2D eigenvalue weighted by Crippen LogP contribution is 2.19. The molecule has 0 aliphatic rings. The van der Waals surface area contributed by atoms with Gasteiger partial charge in [0, 0.05) is 26.5 Å². The van der Waals surface area contributed by atoms with Gasteiger partial charge in [0.05, 0.1) is 11.3 Å². The zero-order valence-corrected chi connectivity index (χ0v) is 12.2. The normalized spacial score (nSPS) is 10.2. The largest absolute Gasteiger partial charge is 0.478 e. The summed E-state index contributed by atoms with van der Waals surface area (Å²) in [5.74, 6) is 0.0157. The predicted octanol–water partition coefficient (Wildman–Crippen LogP) is 2.37. The van der Waals surface area contributed by atoms with Crippen LogP contribution in [0, 0.1) is 0 Å². The number of rotatable bonds is 8. The van der Waals surface area contributed by atoms with E-state index < -0.39 is 5.97 Å². The average Bonchev–Trinajstić information content (AvgIpc) is 2.52. The minimum atomic E-state index is -0.991. The number of ether oxygens (including phenoxy) is 1. The van der Waals surface area contributed by atoms with E-state index in [9.17, 15) is 4.79 Å². The van der Waals surface area contributed by atoms with Crippen molar-refractivity contribution < 1.29 is 14.6 Å². The highest BCUT2D eigenvalue weighted by atomic mass is 16.5. The van der Waals surface area contributed by atoms with Crippen molar-refractivity contribution in [2.45, 2.75) is 6.42 Å². The number of benzene rings is 1. The molecule has 0 saturated carbocycles. The monoisotopic (exact) mass is 302 g/mol. The second-order valence-corrected chi connectivity index (χ2v) is 4.51. The zero-order chi connectivity index (χ0) is 15.8. The smallest absolute Gasteiger partial charge is 0.337 e. The third kappa shape index (κ3) is 4.42. The van der Waals surface area contributed by atoms with E-state index in [0.29, 0.717) is 30.6 Å². The van der Waals surface area contributed by atoms with Crippen molar-refractivity contribution in [1.82, 2.24) is 9.97 Å². The van der Waals surface area contributed by atoms with Gasteiger partial charge in [-0.05, 0) is 24.6 Å². The Bertz CT molecular complexity index is 634. The molecule has 3 N–H and O–H groups in total. The molecule has 0 fully saturated rings. The molecular formula is C15H18N4O3. The summed E-state index contributed by atoms with van der Waals surface area (Å²) in [6.07, 6.45) is 2.46. The number of carboxylic acids is 1. The maximum absolute atomic E-state index is 11.2. The molecule has 2 rings (SSSR count). The Balaban J connectivity index is 2.06. The molecule has 0 amide bonds. The minimum absolute atomic E-state index is 0.190. The second-order valence-electron chi connectivity index (χ2n) is 4.51. The van der Waals surface area contributed by atoms with E-state index in [1.165, 1.54) is 6.07 Å². The number of nitrogens with zero attached hydrogens (tertiary/aromatic N) is 2. The Hall–Kier alpha value is -2.67. The molecule has 0 unspecified atom stereocenters. The second kappa shape index (κ2) is 7.94. The highest BCUT2D eigenvalue weighted by molar-refractivity contribution is 5.94. The molecule has 0 aliphatic carbocycles. The number of hydrogen-bond acceptors (Lipinski definition) is 6. The zero-order valence-electron chi connectivity index (χ0n) is 12.2. The van der Waals surface area contributed by atoms with Crippen LogP contribution in [0.15, 0.2) is 36.5 Å². The van der Waals surface area contributed by atoms with Crippen LogP contribution in [-0.4, -0.2) is 41.3 Å². The summed E-state index contributed by atoms with van der Waals surface area (Å²) >= 11 is 0. The van der Waals surface area contributed by atoms with E-state index in [4.69, 9.17) is 9.84 Å². The first-order chi connectivity index (χ1) is 10.7. The van der Waals surface area contributed by atoms with Crippen LogP contribution < -0.4 is 10.6 Å². The summed E-state index contributed by atoms with van der Waals surface area (Å²) < 4.78 is 4.97. The number of nitrogens with one attached hydrogen (secondary N) is 2. The summed E-state index contributed by atoms with van der Waals surface area (Å²) in [6.45, 7) is 1.36. The molecule has 7 nitrogen and oxygen atoms in total. The van der Waals surface area contributed by atoms with E-state index >= 15 is 0 Å². The van der Waals surface area contributed by atoms with Crippen molar-refractivity contribution in [3.05, 3.63) is 42.1 Å². The van der Waals surface area contributed by atoms with Gasteiger partial charge in [0.15, 0.2) is 0 Å². The van der Waals surface area contributed by atoms with Crippen LogP contribution in [0.3, 0.4) is 0 Å². The molecular weight excluding hydrogens is 284 g/mol. The maximum atomic E-state index is 11.2. The fraction of sp³-hybridized carbons (Fsp3) is 0.267. The summed E-state index contributed by atoms with van der Waals surface area (Å²) in [6, 6.07) is 8.35. The number of hydrogen-bond donors (Lipinski definition) is 3. The lowest BCUT2D eigenvalue weighted by Gasteiger charge is -2.10. The van der Waals surface area contributed by atoms with E-state index in [0.717, 1.165) is 6.42 Å². The summed E-state index contributed by atoms with van der Waals surface area (Å²) in [5, 5.41) is 15.3. The van der Waals surface area contributed by atoms with Crippen LogP contribution in [0.25, 0.3) is 0 Å². The predicted molar refractivity (Wildman–Crippen MR) is 83.7 cm³/mol. The standard InChI is InChI=1S/C15H18N4O3/c1-22-10-4-8-16-15-17-9-7-13(19-15)18-12-6-3-2-5-11(12)14(20)21/h2-3,5-7,9H,4,8,10H2,1H3,(H,20,21)(H2,16,17,18,19). The van der Waals surface area contributed by atoms with Crippen LogP contribution in [0.1, 0.15) is 16.8 Å². The number of carboxylic acid groups (broad SMARTS) is 1. The molecule has 2 aromatic rings. The third-order valence-corrected chi connectivity index (χ3v) is 2.88. The van der Waals surface area contributed by atoms with Crippen LogP contribution >= 0.6 is 0 Å². The fourth-order valence-corrected chi connectivity index (χ4v) is 1.85. The van der Waals surface area contributed by atoms with Crippen molar-refractivity contribution in [2.75, 3.05) is 30.9 Å². The van der Waals surface area contributed by atoms with Crippen LogP contribution in [0.2, 0.25) is 0 Å². The number of aromatic nitrogens is 2. The maximum Gasteiger partial charge on any atom is 0.337 e. The topological polar surface area (TPSA) is 96.4 Å². The van der Waals surface area contributed by atoms with Gasteiger partial charge < -0.3 is 20.5 Å². The van der Waals surface area contributed by atoms with Gasteiger partial charge in [-0.15, -0.1) is 0 Å². The van der Waals surface area contributed by atoms with E-state index in [-0.39, 0.29) is 5.56 Å². The van der Waals surface area contributed by atoms with Gasteiger partial charge in [-0.3, -0.25) is 0 Å². The van der Waals surface area contributed by atoms with E-state index in [1.807, 2.05) is 0 Å². The molecule has 1 aromatic carbocycles. The van der Waals surface area contributed by atoms with Crippen molar-refractivity contribution in [1.29, 1.82) is 0 Å². The van der Waals surface area contributed by atoms with Gasteiger partial charge in [0.1, 0.15) is 5.82 Å². The van der Waals surface area contributed by atoms with E-state index in [2.05, 4.69) is 20.6 Å². The molecule has 1 aromatic heterocycles. The Labute approximate surface area is 128 Å². The Morgan fingerprint density at radius 3 is 2.91 bits per heavy atom. The van der Waals surface area contributed by atoms with E-state index in [1.54, 1.807) is 37.6 Å². The first-order valence-electron chi connectivity index (χ1n) is 6.86. The minimum Gasteiger partial charge on any atom is -0.478 e. The molecule has 0 aliphatic heterocycles. The van der Waals surface area contributed by atoms with Crippen molar-refractivity contribution in [2.24, 2.45) is 0 Å². The molecule has 22 heavy (non-hydrogen) atoms. The van der Waals surface area contributed by atoms with Crippen LogP contribution in [-0.2, 0) is 4.74 Å². The molecule has 0 atom stereocenters. The summed E-state index contributed by atoms with van der Waals surface area (Å²) in [5.41, 5.74) is 0.676. The lowest BCUT2D eigenvalue weighted by Crippen LogP contribution is -2.09. The quantitative estimate of drug-likeness (QED) is 0.644. The lowest BCUT2D eigenvalue weighted by molar-refractivity contribution is 0.0698. The van der Waals surface area contributed by atoms with Gasteiger partial charge in [-0.1, -0.05) is 12.1 Å². The number of methoxy groups -OCH3 is 1. The van der Waals surface area contributed by atoms with Gasteiger partial charge in [-0.25, -0.2) is 9.78 Å². The average molecular weight is 302 g/mol. The Kier molecular flexibility index (Phi) is 5.67. The van der Waals surface area contributed by atoms with Crippen LogP contribution in [0.4, 0.5) is 17.5 Å². The van der Waals surface area contributed by atoms with Crippen molar-refractivity contribution in [3.8, 4) is 0 Å². The summed E-state index contributed by atoms with van der Waals surface area (Å²) in [7, 11) is 1.65. The molecule has 0 radical (unpaired) electrons. The number of carbonyl (C=O) groups is 1. The summed E-state index contributed by atoms with van der Waals surface area (Å²) in [4.78, 5) is 19.6. The van der Waals surface area contributed by atoms with Gasteiger partial charge in [0.25, 0.3) is 0 Å².